The molecule has 7 nitrogen and oxygen atoms in total. The third kappa shape index (κ3) is 28.7. The van der Waals surface area contributed by atoms with E-state index in [4.69, 9.17) is 9.84 Å². The lowest BCUT2D eigenvalue weighted by Gasteiger charge is -2.04. The SMILES string of the molecule is C=C(C)C.C=C(C)C.C=C/C=C(\C=C(/C)C(=O)O)C(=O)NCCC.C=CC.CC.COc1ccc2nc(C)[nH]c2c1. The summed E-state index contributed by atoms with van der Waals surface area (Å²) in [6.45, 7) is 33.6. The molecule has 41 heavy (non-hydrogen) atoms. The van der Waals surface area contributed by atoms with Gasteiger partial charge in [-0.05, 0) is 73.1 Å². The van der Waals surface area contributed by atoms with E-state index in [1.54, 1.807) is 13.2 Å². The van der Waals surface area contributed by atoms with Gasteiger partial charge < -0.3 is 20.1 Å². The zero-order chi connectivity index (χ0) is 33.0. The molecule has 0 saturated carbocycles. The molecule has 1 aromatic carbocycles. The van der Waals surface area contributed by atoms with Crippen LogP contribution < -0.4 is 10.1 Å². The Morgan fingerprint density at radius 3 is 1.95 bits per heavy atom. The molecule has 7 heteroatoms. The number of aromatic nitrogens is 2. The summed E-state index contributed by atoms with van der Waals surface area (Å²) in [5.41, 5.74) is 4.74. The maximum Gasteiger partial charge on any atom is 0.331 e. The molecule has 0 aliphatic carbocycles. The summed E-state index contributed by atoms with van der Waals surface area (Å²) in [5.74, 6) is 0.449. The molecule has 2 rings (SSSR count). The van der Waals surface area contributed by atoms with Crippen LogP contribution in [0, 0.1) is 6.92 Å². The Bertz CT molecular complexity index is 1100. The van der Waals surface area contributed by atoms with Crippen LogP contribution in [0.1, 0.15) is 74.6 Å². The van der Waals surface area contributed by atoms with Crippen molar-refractivity contribution in [1.29, 1.82) is 0 Å². The summed E-state index contributed by atoms with van der Waals surface area (Å²) < 4.78 is 5.08. The number of carbonyl (C=O) groups excluding carboxylic acids is 1. The van der Waals surface area contributed by atoms with Crippen molar-refractivity contribution >= 4 is 22.9 Å². The highest BCUT2D eigenvalue weighted by Gasteiger charge is 2.08. The zero-order valence-electron chi connectivity index (χ0n) is 27.4. The highest BCUT2D eigenvalue weighted by atomic mass is 16.5. The van der Waals surface area contributed by atoms with Gasteiger partial charge in [-0.15, -0.1) is 19.7 Å². The number of nitrogens with one attached hydrogen (secondary N) is 2. The molecule has 0 radical (unpaired) electrons. The number of hydrogen-bond acceptors (Lipinski definition) is 4. The number of H-pyrrole nitrogens is 1. The Morgan fingerprint density at radius 2 is 1.56 bits per heavy atom. The molecule has 0 saturated heterocycles. The van der Waals surface area contributed by atoms with Crippen molar-refractivity contribution in [3.05, 3.63) is 96.9 Å². The smallest absolute Gasteiger partial charge is 0.331 e. The topological polar surface area (TPSA) is 104 Å². The second-order valence-electron chi connectivity index (χ2n) is 8.77. The Morgan fingerprint density at radius 1 is 1.07 bits per heavy atom. The summed E-state index contributed by atoms with van der Waals surface area (Å²) in [6, 6.07) is 5.79. The van der Waals surface area contributed by atoms with E-state index in [0.29, 0.717) is 12.1 Å². The fourth-order valence-electron chi connectivity index (χ4n) is 2.20. The summed E-state index contributed by atoms with van der Waals surface area (Å²) in [5, 5.41) is 11.4. The first kappa shape index (κ1) is 43.9. The number of amides is 1. The maximum atomic E-state index is 11.6. The first-order valence-corrected chi connectivity index (χ1v) is 13.5. The summed E-state index contributed by atoms with van der Waals surface area (Å²) in [7, 11) is 1.66. The fraction of sp³-hybridized carbons (Fsp3) is 0.382. The number of carboxylic acids is 1. The zero-order valence-corrected chi connectivity index (χ0v) is 27.4. The van der Waals surface area contributed by atoms with Gasteiger partial charge in [0.1, 0.15) is 11.6 Å². The van der Waals surface area contributed by atoms with Crippen LogP contribution in [0.2, 0.25) is 0 Å². The van der Waals surface area contributed by atoms with Crippen LogP contribution in [0.4, 0.5) is 0 Å². The Kier molecular flexibility index (Phi) is 30.9. The van der Waals surface area contributed by atoms with E-state index in [-0.39, 0.29) is 11.5 Å². The molecule has 0 fully saturated rings. The van der Waals surface area contributed by atoms with Gasteiger partial charge in [0.15, 0.2) is 0 Å². The molecule has 1 aromatic heterocycles. The van der Waals surface area contributed by atoms with Gasteiger partial charge in [-0.25, -0.2) is 9.78 Å². The van der Waals surface area contributed by atoms with Crippen molar-refractivity contribution in [3.8, 4) is 5.75 Å². The number of hydrogen-bond donors (Lipinski definition) is 3. The van der Waals surface area contributed by atoms with Gasteiger partial charge in [0.2, 0.25) is 0 Å². The van der Waals surface area contributed by atoms with Crippen LogP contribution >= 0.6 is 0 Å². The molecule has 0 bridgehead atoms. The van der Waals surface area contributed by atoms with Crippen molar-refractivity contribution in [1.82, 2.24) is 15.3 Å². The number of ether oxygens (including phenoxy) is 1. The lowest BCUT2D eigenvalue weighted by atomic mass is 10.1. The highest BCUT2D eigenvalue weighted by molar-refractivity contribution is 5.99. The molecule has 0 unspecified atom stereocenters. The van der Waals surface area contributed by atoms with E-state index >= 15 is 0 Å². The molecule has 0 aliphatic heterocycles. The van der Waals surface area contributed by atoms with E-state index in [1.165, 1.54) is 36.3 Å². The molecular weight excluding hydrogens is 514 g/mol. The third-order valence-electron chi connectivity index (χ3n) is 3.61. The lowest BCUT2D eigenvalue weighted by Crippen LogP contribution is -2.25. The van der Waals surface area contributed by atoms with Crippen LogP contribution in [-0.4, -0.2) is 40.6 Å². The number of rotatable bonds is 7. The second-order valence-corrected chi connectivity index (χ2v) is 8.77. The van der Waals surface area contributed by atoms with Gasteiger partial charge in [0, 0.05) is 23.8 Å². The number of carboxylic acid groups (broad SMARTS) is 1. The van der Waals surface area contributed by atoms with Gasteiger partial charge in [0.25, 0.3) is 5.91 Å². The number of benzene rings is 1. The molecule has 1 heterocycles. The van der Waals surface area contributed by atoms with E-state index in [0.717, 1.165) is 29.0 Å². The van der Waals surface area contributed by atoms with E-state index in [1.807, 2.05) is 80.5 Å². The summed E-state index contributed by atoms with van der Waals surface area (Å²) >= 11 is 0. The Balaban J connectivity index is -0.000000238. The van der Waals surface area contributed by atoms with Gasteiger partial charge >= 0.3 is 5.97 Å². The van der Waals surface area contributed by atoms with Crippen LogP contribution in [0.5, 0.6) is 5.75 Å². The van der Waals surface area contributed by atoms with Crippen molar-refractivity contribution in [2.24, 2.45) is 0 Å². The second kappa shape index (κ2) is 28.9. The fourth-order valence-corrected chi connectivity index (χ4v) is 2.20. The van der Waals surface area contributed by atoms with Crippen molar-refractivity contribution in [3.63, 3.8) is 0 Å². The number of aliphatic carboxylic acids is 1. The van der Waals surface area contributed by atoms with Gasteiger partial charge in [-0.3, -0.25) is 4.79 Å². The molecule has 0 atom stereocenters. The molecule has 0 aliphatic rings. The van der Waals surface area contributed by atoms with Crippen LogP contribution in [-0.2, 0) is 9.59 Å². The number of nitrogens with zero attached hydrogens (tertiary/aromatic N) is 1. The molecule has 3 N–H and O–H groups in total. The number of imidazole rings is 1. The largest absolute Gasteiger partial charge is 0.497 e. The molecule has 0 spiro atoms. The predicted octanol–water partition coefficient (Wildman–Crippen LogP) is 8.92. The number of fused-ring (bicyclic) bond motifs is 1. The van der Waals surface area contributed by atoms with Crippen LogP contribution in [0.25, 0.3) is 11.0 Å². The molecular formula is C34H55N3O4. The minimum atomic E-state index is -1.04. The summed E-state index contributed by atoms with van der Waals surface area (Å²) in [4.78, 5) is 29.6. The number of aromatic amines is 1. The normalized spacial score (nSPS) is 9.54. The number of carbonyl (C=O) groups is 2. The van der Waals surface area contributed by atoms with Crippen LogP contribution in [0.15, 0.2) is 91.1 Å². The summed E-state index contributed by atoms with van der Waals surface area (Å²) in [6.07, 6.45) is 6.84. The Labute approximate surface area is 249 Å². The first-order valence-electron chi connectivity index (χ1n) is 13.5. The van der Waals surface area contributed by atoms with E-state index in [2.05, 4.69) is 41.6 Å². The quantitative estimate of drug-likeness (QED) is 0.175. The highest BCUT2D eigenvalue weighted by Crippen LogP contribution is 2.18. The first-order chi connectivity index (χ1) is 19.2. The Hall–Kier alpha value is -4.13. The van der Waals surface area contributed by atoms with E-state index in [9.17, 15) is 9.59 Å². The van der Waals surface area contributed by atoms with Gasteiger partial charge in [0.05, 0.1) is 18.1 Å². The van der Waals surface area contributed by atoms with Gasteiger partial charge in [-0.1, -0.05) is 56.7 Å². The average molecular weight is 570 g/mol. The monoisotopic (exact) mass is 569 g/mol. The maximum absolute atomic E-state index is 11.6. The average Bonchev–Trinajstić information content (AvgIpc) is 3.27. The van der Waals surface area contributed by atoms with Crippen molar-refractivity contribution in [2.45, 2.75) is 75.7 Å². The lowest BCUT2D eigenvalue weighted by molar-refractivity contribution is -0.132. The predicted molar refractivity (Wildman–Crippen MR) is 179 cm³/mol. The third-order valence-corrected chi connectivity index (χ3v) is 3.61. The number of allylic oxidation sites excluding steroid dienone is 5. The number of aryl methyl sites for hydroxylation is 1. The molecule has 1 amide bonds. The van der Waals surface area contributed by atoms with Crippen molar-refractivity contribution in [2.75, 3.05) is 13.7 Å². The molecule has 230 valence electrons. The van der Waals surface area contributed by atoms with Crippen LogP contribution in [0.3, 0.4) is 0 Å². The van der Waals surface area contributed by atoms with Gasteiger partial charge in [-0.2, -0.15) is 0 Å². The van der Waals surface area contributed by atoms with E-state index < -0.39 is 5.97 Å². The minimum Gasteiger partial charge on any atom is -0.497 e. The van der Waals surface area contributed by atoms with Crippen molar-refractivity contribution < 1.29 is 19.4 Å². The number of methoxy groups -OCH3 is 1. The minimum absolute atomic E-state index is 0.111. The molecule has 2 aromatic rings. The standard InChI is InChI=1S/C12H17NO3.C9H10N2O.2C4H8.C3H6.C2H6/c1-4-6-10(8-9(3)12(15)16)11(14)13-7-5-2;1-6-10-8-4-3-7(12-2)5-9(8)11-6;2*1-4(2)3;1-3-2;1-2/h4,6,8H,1,5,7H2,2-3H3,(H,13,14)(H,15,16);3-5H,1-2H3,(H,10,11);2*1H2,2-3H3;3H,1H2,2H3;1-2H3/b9-8+,10-6+;;;;;.